The van der Waals surface area contributed by atoms with Gasteiger partial charge in [0.05, 0.1) is 12.7 Å². The van der Waals surface area contributed by atoms with Gasteiger partial charge in [0.2, 0.25) is 0 Å². The maximum atomic E-state index is 9.22. The monoisotopic (exact) mass is 233 g/mol. The van der Waals surface area contributed by atoms with Gasteiger partial charge in [0.15, 0.2) is 0 Å². The lowest BCUT2D eigenvalue weighted by Crippen LogP contribution is -2.13. The molecule has 0 heterocycles. The van der Waals surface area contributed by atoms with Crippen LogP contribution in [0.2, 0.25) is 0 Å². The van der Waals surface area contributed by atoms with E-state index in [4.69, 9.17) is 31.0 Å². The van der Waals surface area contributed by atoms with Crippen LogP contribution in [-0.4, -0.2) is 44.5 Å². The highest BCUT2D eigenvalue weighted by atomic mass is 31.2. The summed E-state index contributed by atoms with van der Waals surface area (Å²) in [5.74, 6) is 0. The van der Waals surface area contributed by atoms with Crippen LogP contribution >= 0.6 is 7.82 Å². The lowest BCUT2D eigenvalue weighted by Gasteiger charge is -2.02. The molecule has 0 aromatic rings. The molecule has 0 aromatic carbocycles. The van der Waals surface area contributed by atoms with E-state index in [1.54, 1.807) is 0 Å². The van der Waals surface area contributed by atoms with Crippen molar-refractivity contribution in [2.24, 2.45) is 5.73 Å². The first-order chi connectivity index (χ1) is 6.37. The fourth-order valence-corrected chi connectivity index (χ4v) is 0.445. The third kappa shape index (κ3) is 17.9. The number of aliphatic hydroxyl groups is 2. The van der Waals surface area contributed by atoms with E-state index in [2.05, 4.69) is 4.67 Å². The largest absolute Gasteiger partial charge is 0.496 e. The molecule has 0 spiro atoms. The summed E-state index contributed by atoms with van der Waals surface area (Å²) in [6, 6.07) is 0. The van der Waals surface area contributed by atoms with Gasteiger partial charge in [0, 0.05) is 0 Å². The molecule has 0 radical (unpaired) electrons. The Bertz CT molecular complexity index is 160. The number of hydrogen-bond donors (Lipinski definition) is 6. The van der Waals surface area contributed by atoms with Crippen LogP contribution in [0.25, 0.3) is 0 Å². The Labute approximate surface area is 81.1 Å². The van der Waals surface area contributed by atoms with Crippen LogP contribution < -0.4 is 5.73 Å². The first-order valence-electron chi connectivity index (χ1n) is 3.75. The summed E-state index contributed by atoms with van der Waals surface area (Å²) in [7, 11) is -4.59. The molecule has 8 nitrogen and oxygen atoms in total. The summed E-state index contributed by atoms with van der Waals surface area (Å²) in [6.07, 6.45) is 0.813. The van der Waals surface area contributed by atoms with Gasteiger partial charge in [0.25, 0.3) is 0 Å². The fourth-order valence-electron chi connectivity index (χ4n) is 0.445. The zero-order chi connectivity index (χ0) is 11.6. The van der Waals surface area contributed by atoms with E-state index in [0.29, 0.717) is 13.0 Å². The molecule has 0 aliphatic heterocycles. The normalized spacial score (nSPS) is 13.0. The van der Waals surface area contributed by atoms with Gasteiger partial charge in [0.1, 0.15) is 0 Å². The van der Waals surface area contributed by atoms with E-state index in [1.807, 2.05) is 0 Å². The third-order valence-electron chi connectivity index (χ3n) is 1.06. The van der Waals surface area contributed by atoms with Crippen LogP contribution in [-0.2, 0) is 9.24 Å². The average molecular weight is 233 g/mol. The molecule has 0 amide bonds. The van der Waals surface area contributed by atoms with Crippen LogP contribution in [0.15, 0.2) is 0 Å². The molecular weight excluding hydrogens is 217 g/mol. The van der Waals surface area contributed by atoms with E-state index in [-0.39, 0.29) is 6.61 Å². The molecule has 9 heteroatoms. The lowest BCUT2D eigenvalue weighted by atomic mass is 10.2. The molecule has 88 valence electrons. The van der Waals surface area contributed by atoms with Crippen molar-refractivity contribution in [3.63, 3.8) is 0 Å². The highest BCUT2D eigenvalue weighted by molar-refractivity contribution is 7.46. The summed E-state index contributed by atoms with van der Waals surface area (Å²) in [6.45, 7) is 0.428. The molecule has 0 saturated carbocycles. The van der Waals surface area contributed by atoms with E-state index < -0.39 is 13.9 Å². The van der Waals surface area contributed by atoms with Crippen molar-refractivity contribution in [3.05, 3.63) is 0 Å². The van der Waals surface area contributed by atoms with Crippen LogP contribution in [0.3, 0.4) is 0 Å². The van der Waals surface area contributed by atoms with Crippen molar-refractivity contribution in [1.29, 1.82) is 0 Å². The minimum atomic E-state index is -4.59. The number of hydrogen-bond acceptors (Lipinski definition) is 6. The Morgan fingerprint density at radius 2 is 1.86 bits per heavy atom. The second kappa shape index (κ2) is 9.50. The summed E-state index contributed by atoms with van der Waals surface area (Å²) in [5, 5.41) is 24.1. The van der Waals surface area contributed by atoms with Gasteiger partial charge < -0.3 is 25.7 Å². The lowest BCUT2D eigenvalue weighted by molar-refractivity contribution is -0.158. The van der Waals surface area contributed by atoms with Gasteiger partial charge in [-0.15, -0.1) is 4.67 Å². The Morgan fingerprint density at radius 3 is 2.07 bits per heavy atom. The predicted molar refractivity (Wildman–Crippen MR) is 47.1 cm³/mol. The average Bonchev–Trinajstić information content (AvgIpc) is 2.14. The van der Waals surface area contributed by atoms with Gasteiger partial charge in [-0.05, 0) is 19.4 Å². The van der Waals surface area contributed by atoms with Gasteiger partial charge in [-0.2, -0.15) is 0 Å². The Hall–Kier alpha value is -0.0500. The molecule has 0 bridgehead atoms. The van der Waals surface area contributed by atoms with Gasteiger partial charge in [-0.25, -0.2) is 9.82 Å². The zero-order valence-corrected chi connectivity index (χ0v) is 8.38. The SMILES string of the molecule is NCCCC(O)CO.O=P(O)(O)OO. The minimum Gasteiger partial charge on any atom is -0.394 e. The number of nitrogens with two attached hydrogens (primary N) is 1. The maximum Gasteiger partial charge on any atom is 0.496 e. The zero-order valence-electron chi connectivity index (χ0n) is 7.48. The van der Waals surface area contributed by atoms with Gasteiger partial charge >= 0.3 is 7.82 Å². The van der Waals surface area contributed by atoms with E-state index in [0.717, 1.165) is 6.42 Å². The molecule has 0 saturated heterocycles. The van der Waals surface area contributed by atoms with E-state index >= 15 is 0 Å². The molecule has 0 fully saturated rings. The van der Waals surface area contributed by atoms with E-state index in [9.17, 15) is 4.57 Å². The molecule has 0 aromatic heterocycles. The molecule has 7 N–H and O–H groups in total. The van der Waals surface area contributed by atoms with Crippen molar-refractivity contribution in [3.8, 4) is 0 Å². The molecule has 0 aliphatic carbocycles. The third-order valence-corrected chi connectivity index (χ3v) is 1.27. The summed E-state index contributed by atoms with van der Waals surface area (Å²) in [4.78, 5) is 14.9. The number of rotatable bonds is 5. The molecule has 1 atom stereocenters. The first-order valence-corrected chi connectivity index (χ1v) is 5.28. The standard InChI is InChI=1S/C5H13NO2.H3O5P/c6-3-1-2-5(8)4-7;1-5-6(2,3)4/h5,7-8H,1-4,6H2;1H,(H2,2,3,4). The second-order valence-electron chi connectivity index (χ2n) is 2.34. The van der Waals surface area contributed by atoms with Crippen molar-refractivity contribution < 1.29 is 34.5 Å². The maximum absolute atomic E-state index is 9.22. The Morgan fingerprint density at radius 1 is 1.43 bits per heavy atom. The van der Waals surface area contributed by atoms with E-state index in [1.165, 1.54) is 0 Å². The summed E-state index contributed by atoms with van der Waals surface area (Å²) in [5.41, 5.74) is 5.14. The Balaban J connectivity index is 0. The highest BCUT2D eigenvalue weighted by Crippen LogP contribution is 2.33. The summed E-state index contributed by atoms with van der Waals surface area (Å²) < 4.78 is 11.8. The quantitative estimate of drug-likeness (QED) is 0.193. The predicted octanol–water partition coefficient (Wildman–Crippen LogP) is -1.35. The van der Waals surface area contributed by atoms with Crippen LogP contribution in [0.1, 0.15) is 12.8 Å². The molecule has 14 heavy (non-hydrogen) atoms. The molecule has 0 rings (SSSR count). The van der Waals surface area contributed by atoms with Crippen molar-refractivity contribution in [1.82, 2.24) is 0 Å². The topological polar surface area (TPSA) is 153 Å². The van der Waals surface area contributed by atoms with Crippen molar-refractivity contribution in [2.75, 3.05) is 13.2 Å². The smallest absolute Gasteiger partial charge is 0.394 e. The number of aliphatic hydroxyl groups excluding tert-OH is 2. The van der Waals surface area contributed by atoms with Crippen molar-refractivity contribution in [2.45, 2.75) is 18.9 Å². The summed E-state index contributed by atoms with van der Waals surface area (Å²) >= 11 is 0. The fraction of sp³-hybridized carbons (Fsp3) is 1.00. The van der Waals surface area contributed by atoms with Crippen LogP contribution in [0.5, 0.6) is 0 Å². The molecular formula is C5H16NO7P. The second-order valence-corrected chi connectivity index (χ2v) is 3.48. The van der Waals surface area contributed by atoms with Crippen molar-refractivity contribution >= 4 is 7.82 Å². The highest BCUT2D eigenvalue weighted by Gasteiger charge is 2.10. The Kier molecular flexibility index (Phi) is 11.1. The van der Waals surface area contributed by atoms with Gasteiger partial charge in [-0.1, -0.05) is 0 Å². The molecule has 1 unspecified atom stereocenters. The first kappa shape index (κ1) is 16.4. The van der Waals surface area contributed by atoms with Crippen LogP contribution in [0, 0.1) is 0 Å². The van der Waals surface area contributed by atoms with Gasteiger partial charge in [-0.3, -0.25) is 0 Å². The molecule has 0 aliphatic rings. The number of phosphoric acid groups is 1. The minimum absolute atomic E-state index is 0.153. The van der Waals surface area contributed by atoms with Crippen LogP contribution in [0.4, 0.5) is 0 Å².